The molecule has 0 unspecified atom stereocenters. The van der Waals surface area contributed by atoms with Crippen molar-refractivity contribution in [1.29, 1.82) is 0 Å². The molecule has 0 radical (unpaired) electrons. The van der Waals surface area contributed by atoms with Crippen molar-refractivity contribution in [3.8, 4) is 9.88 Å². The first-order valence-corrected chi connectivity index (χ1v) is 9.72. The minimum absolute atomic E-state index is 0.00476. The van der Waals surface area contributed by atoms with Gasteiger partial charge in [0.15, 0.2) is 0 Å². The van der Waals surface area contributed by atoms with Gasteiger partial charge in [-0.1, -0.05) is 25.5 Å². The summed E-state index contributed by atoms with van der Waals surface area (Å²) in [5.41, 5.74) is 0.989. The number of carbonyl (C=O) groups excluding carboxylic acids is 1. The highest BCUT2D eigenvalue weighted by atomic mass is 32.1. The molecule has 3 aromatic rings. The molecule has 0 spiro atoms. The number of nitrogens with zero attached hydrogens (tertiary/aromatic N) is 2. The first-order valence-electron chi connectivity index (χ1n) is 8.09. The molecular weight excluding hydrogens is 340 g/mol. The summed E-state index contributed by atoms with van der Waals surface area (Å²) < 4.78 is 1.15. The van der Waals surface area contributed by atoms with Crippen LogP contribution in [0.15, 0.2) is 36.4 Å². The molecule has 0 aliphatic rings. The van der Waals surface area contributed by atoms with Crippen LogP contribution < -0.4 is 0 Å². The van der Waals surface area contributed by atoms with E-state index in [0.29, 0.717) is 18.0 Å². The molecule has 0 saturated heterocycles. The first kappa shape index (κ1) is 17.1. The molecule has 1 N–H and O–H groups in total. The lowest BCUT2D eigenvalue weighted by molar-refractivity contribution is 0.0724. The van der Waals surface area contributed by atoms with E-state index in [0.717, 1.165) is 32.9 Å². The van der Waals surface area contributed by atoms with Crippen LogP contribution in [-0.2, 0) is 0 Å². The van der Waals surface area contributed by atoms with Crippen molar-refractivity contribution in [2.45, 2.75) is 19.8 Å². The molecule has 126 valence electrons. The summed E-state index contributed by atoms with van der Waals surface area (Å²) in [6.07, 6.45) is 1.97. The molecule has 4 nitrogen and oxygen atoms in total. The third kappa shape index (κ3) is 3.66. The third-order valence-corrected chi connectivity index (χ3v) is 6.04. The standard InChI is InChI=1S/C18H20N2O2S2/c1-2-3-10-20(11-12-21)18(22)16-9-8-15(23-16)17-19-13-6-4-5-7-14(13)24-17/h4-9,21H,2-3,10-12H2,1H3. The Bertz CT molecular complexity index is 792. The van der Waals surface area contributed by atoms with E-state index in [-0.39, 0.29) is 12.5 Å². The Morgan fingerprint density at radius 3 is 2.75 bits per heavy atom. The zero-order valence-electron chi connectivity index (χ0n) is 13.6. The van der Waals surface area contributed by atoms with Crippen LogP contribution in [0, 0.1) is 0 Å². The summed E-state index contributed by atoms with van der Waals surface area (Å²) in [5.74, 6) is -0.00476. The van der Waals surface area contributed by atoms with Gasteiger partial charge in [0.2, 0.25) is 0 Å². The van der Waals surface area contributed by atoms with Crippen molar-refractivity contribution < 1.29 is 9.90 Å². The third-order valence-electron chi connectivity index (χ3n) is 3.76. The van der Waals surface area contributed by atoms with Gasteiger partial charge in [0, 0.05) is 13.1 Å². The molecule has 0 saturated carbocycles. The maximum Gasteiger partial charge on any atom is 0.264 e. The molecule has 1 aromatic carbocycles. The zero-order chi connectivity index (χ0) is 16.9. The molecule has 2 aromatic heterocycles. The van der Waals surface area contributed by atoms with Crippen molar-refractivity contribution in [3.05, 3.63) is 41.3 Å². The van der Waals surface area contributed by atoms with Gasteiger partial charge in [-0.3, -0.25) is 4.79 Å². The Labute approximate surface area is 149 Å². The molecule has 3 rings (SSSR count). The number of aliphatic hydroxyl groups excluding tert-OH is 1. The first-order chi connectivity index (χ1) is 11.7. The monoisotopic (exact) mass is 360 g/mol. The van der Waals surface area contributed by atoms with Gasteiger partial charge in [-0.05, 0) is 30.7 Å². The number of rotatable bonds is 7. The number of aromatic nitrogens is 1. The van der Waals surface area contributed by atoms with E-state index in [9.17, 15) is 9.90 Å². The summed E-state index contributed by atoms with van der Waals surface area (Å²) in [6.45, 7) is 3.15. The number of amides is 1. The van der Waals surface area contributed by atoms with Crippen molar-refractivity contribution in [2.75, 3.05) is 19.7 Å². The maximum absolute atomic E-state index is 12.7. The minimum Gasteiger partial charge on any atom is -0.395 e. The maximum atomic E-state index is 12.7. The van der Waals surface area contributed by atoms with Crippen LogP contribution in [0.3, 0.4) is 0 Å². The number of aliphatic hydroxyl groups is 1. The molecule has 24 heavy (non-hydrogen) atoms. The summed E-state index contributed by atoms with van der Waals surface area (Å²) in [7, 11) is 0. The van der Waals surface area contributed by atoms with Crippen LogP contribution in [0.25, 0.3) is 20.1 Å². The van der Waals surface area contributed by atoms with E-state index in [1.165, 1.54) is 11.3 Å². The van der Waals surface area contributed by atoms with Crippen LogP contribution in [0.1, 0.15) is 29.4 Å². The number of para-hydroxylation sites is 1. The van der Waals surface area contributed by atoms with E-state index in [1.807, 2.05) is 30.3 Å². The van der Waals surface area contributed by atoms with Crippen molar-refractivity contribution in [1.82, 2.24) is 9.88 Å². The topological polar surface area (TPSA) is 53.4 Å². The fraction of sp³-hybridized carbons (Fsp3) is 0.333. The van der Waals surface area contributed by atoms with Gasteiger partial charge in [-0.25, -0.2) is 4.98 Å². The van der Waals surface area contributed by atoms with Crippen LogP contribution >= 0.6 is 22.7 Å². The van der Waals surface area contributed by atoms with E-state index < -0.39 is 0 Å². The minimum atomic E-state index is -0.00838. The summed E-state index contributed by atoms with van der Waals surface area (Å²) >= 11 is 3.11. The largest absolute Gasteiger partial charge is 0.395 e. The van der Waals surface area contributed by atoms with E-state index in [1.54, 1.807) is 16.2 Å². The number of unbranched alkanes of at least 4 members (excludes halogenated alkanes) is 1. The molecule has 1 amide bonds. The molecule has 6 heteroatoms. The van der Waals surface area contributed by atoms with Gasteiger partial charge in [0.25, 0.3) is 5.91 Å². The number of hydrogen-bond acceptors (Lipinski definition) is 5. The second-order valence-electron chi connectivity index (χ2n) is 5.52. The van der Waals surface area contributed by atoms with Crippen LogP contribution in [-0.4, -0.2) is 40.6 Å². The number of hydrogen-bond donors (Lipinski definition) is 1. The predicted octanol–water partition coefficient (Wildman–Crippen LogP) is 4.26. The average molecular weight is 361 g/mol. The fourth-order valence-electron chi connectivity index (χ4n) is 2.49. The highest BCUT2D eigenvalue weighted by Crippen LogP contribution is 2.34. The lowest BCUT2D eigenvalue weighted by Crippen LogP contribution is -2.33. The molecule has 0 aliphatic carbocycles. The van der Waals surface area contributed by atoms with Gasteiger partial charge >= 0.3 is 0 Å². The second kappa shape index (κ2) is 7.88. The number of thiazole rings is 1. The quantitative estimate of drug-likeness (QED) is 0.685. The smallest absolute Gasteiger partial charge is 0.264 e. The van der Waals surface area contributed by atoms with Gasteiger partial charge in [-0.15, -0.1) is 22.7 Å². The van der Waals surface area contributed by atoms with Crippen LogP contribution in [0.2, 0.25) is 0 Å². The average Bonchev–Trinajstić information content (AvgIpc) is 3.24. The normalized spacial score (nSPS) is 11.1. The summed E-state index contributed by atoms with van der Waals surface area (Å²) in [4.78, 5) is 20.8. The van der Waals surface area contributed by atoms with Gasteiger partial charge in [-0.2, -0.15) is 0 Å². The Morgan fingerprint density at radius 1 is 1.17 bits per heavy atom. The Morgan fingerprint density at radius 2 is 2.00 bits per heavy atom. The van der Waals surface area contributed by atoms with E-state index >= 15 is 0 Å². The number of benzene rings is 1. The highest BCUT2D eigenvalue weighted by molar-refractivity contribution is 7.26. The molecule has 0 atom stereocenters. The zero-order valence-corrected chi connectivity index (χ0v) is 15.2. The van der Waals surface area contributed by atoms with Crippen LogP contribution in [0.5, 0.6) is 0 Å². The lowest BCUT2D eigenvalue weighted by atomic mass is 10.3. The molecule has 0 aliphatic heterocycles. The molecule has 2 heterocycles. The van der Waals surface area contributed by atoms with Gasteiger partial charge < -0.3 is 10.0 Å². The van der Waals surface area contributed by atoms with Crippen LogP contribution in [0.4, 0.5) is 0 Å². The fourth-order valence-corrected chi connectivity index (χ4v) is 4.48. The molecule has 0 bridgehead atoms. The highest BCUT2D eigenvalue weighted by Gasteiger charge is 2.18. The Kier molecular flexibility index (Phi) is 5.60. The van der Waals surface area contributed by atoms with E-state index in [4.69, 9.17) is 0 Å². The van der Waals surface area contributed by atoms with Gasteiger partial charge in [0.1, 0.15) is 5.01 Å². The summed E-state index contributed by atoms with van der Waals surface area (Å²) in [6, 6.07) is 11.9. The number of fused-ring (bicyclic) bond motifs is 1. The number of thiophene rings is 1. The van der Waals surface area contributed by atoms with Crippen molar-refractivity contribution in [2.24, 2.45) is 0 Å². The summed E-state index contributed by atoms with van der Waals surface area (Å²) in [5, 5.41) is 10.1. The Hall–Kier alpha value is -1.76. The van der Waals surface area contributed by atoms with Crippen molar-refractivity contribution >= 4 is 38.8 Å². The predicted molar refractivity (Wildman–Crippen MR) is 101 cm³/mol. The Balaban J connectivity index is 1.82. The lowest BCUT2D eigenvalue weighted by Gasteiger charge is -2.20. The second-order valence-corrected chi connectivity index (χ2v) is 7.63. The number of carbonyl (C=O) groups is 1. The SMILES string of the molecule is CCCCN(CCO)C(=O)c1ccc(-c2nc3ccccc3s2)s1. The molecular formula is C18H20N2O2S2. The van der Waals surface area contributed by atoms with E-state index in [2.05, 4.69) is 18.0 Å². The van der Waals surface area contributed by atoms with Crippen molar-refractivity contribution in [3.63, 3.8) is 0 Å². The van der Waals surface area contributed by atoms with Gasteiger partial charge in [0.05, 0.1) is 26.6 Å². The molecule has 0 fully saturated rings.